The Kier molecular flexibility index (Phi) is 5.06. The van der Waals surface area contributed by atoms with Crippen LogP contribution in [0.25, 0.3) is 10.9 Å². The monoisotopic (exact) mass is 292 g/mol. The van der Waals surface area contributed by atoms with Crippen LogP contribution < -0.4 is 0 Å². The first-order chi connectivity index (χ1) is 9.65. The summed E-state index contributed by atoms with van der Waals surface area (Å²) >= 11 is 1.74. The van der Waals surface area contributed by atoms with Gasteiger partial charge in [0, 0.05) is 22.9 Å². The smallest absolute Gasteiger partial charge is 0.306 e. The molecule has 0 aliphatic heterocycles. The predicted molar refractivity (Wildman–Crippen MR) is 82.8 cm³/mol. The van der Waals surface area contributed by atoms with Crippen LogP contribution in [0.5, 0.6) is 0 Å². The van der Waals surface area contributed by atoms with Crippen LogP contribution in [0, 0.1) is 0 Å². The third kappa shape index (κ3) is 3.33. The molecule has 0 aliphatic rings. The molecule has 1 unspecified atom stereocenters. The van der Waals surface area contributed by atoms with Gasteiger partial charge in [-0.05, 0) is 13.0 Å². The van der Waals surface area contributed by atoms with Crippen molar-refractivity contribution in [2.45, 2.75) is 37.8 Å². The minimum atomic E-state index is -0.158. The van der Waals surface area contributed by atoms with E-state index in [1.165, 1.54) is 18.0 Å². The first-order valence-corrected chi connectivity index (χ1v) is 7.83. The number of hydrogen-bond acceptors (Lipinski definition) is 4. The number of aryl methyl sites for hydroxylation is 1. The van der Waals surface area contributed by atoms with Crippen molar-refractivity contribution in [3.63, 3.8) is 0 Å². The number of hydrogen-bond donors (Lipinski definition) is 0. The summed E-state index contributed by atoms with van der Waals surface area (Å²) in [6.45, 7) is 5.00. The molecule has 0 spiro atoms. The average Bonchev–Trinajstić information content (AvgIpc) is 2.83. The second kappa shape index (κ2) is 6.79. The summed E-state index contributed by atoms with van der Waals surface area (Å²) < 4.78 is 6.72. The highest BCUT2D eigenvalue weighted by Crippen LogP contribution is 2.25. The maximum atomic E-state index is 11.2. The van der Waals surface area contributed by atoms with E-state index in [1.54, 1.807) is 11.8 Å². The van der Waals surface area contributed by atoms with Gasteiger partial charge in [0.25, 0.3) is 0 Å². The number of rotatable bonds is 6. The standard InChI is InChI=1S/C15H20N2O2S/c1-4-17-14-8-6-5-7-12(14)13(16-17)10-20-11(2)9-15(18)19-3/h5-8,11H,4,9-10H2,1-3H3. The zero-order valence-electron chi connectivity index (χ0n) is 12.1. The Morgan fingerprint density at radius 2 is 2.20 bits per heavy atom. The van der Waals surface area contributed by atoms with Gasteiger partial charge in [-0.15, -0.1) is 0 Å². The minimum absolute atomic E-state index is 0.158. The van der Waals surface area contributed by atoms with Gasteiger partial charge in [-0.1, -0.05) is 25.1 Å². The third-order valence-electron chi connectivity index (χ3n) is 3.22. The van der Waals surface area contributed by atoms with E-state index in [4.69, 9.17) is 4.74 Å². The molecule has 0 fully saturated rings. The normalized spacial score (nSPS) is 12.6. The fourth-order valence-electron chi connectivity index (χ4n) is 2.14. The fraction of sp³-hybridized carbons (Fsp3) is 0.467. The van der Waals surface area contributed by atoms with Gasteiger partial charge in [0.05, 0.1) is 24.7 Å². The number of aromatic nitrogens is 2. The maximum Gasteiger partial charge on any atom is 0.306 e. The molecule has 0 amide bonds. The molecule has 1 heterocycles. The Morgan fingerprint density at radius 1 is 1.45 bits per heavy atom. The van der Waals surface area contributed by atoms with Crippen molar-refractivity contribution in [2.24, 2.45) is 0 Å². The third-order valence-corrected chi connectivity index (χ3v) is 4.40. The van der Waals surface area contributed by atoms with Crippen molar-refractivity contribution < 1.29 is 9.53 Å². The number of methoxy groups -OCH3 is 1. The van der Waals surface area contributed by atoms with Crippen molar-refractivity contribution in [1.82, 2.24) is 9.78 Å². The van der Waals surface area contributed by atoms with Crippen molar-refractivity contribution in [3.8, 4) is 0 Å². The van der Waals surface area contributed by atoms with Crippen LogP contribution in [-0.2, 0) is 21.8 Å². The molecule has 4 nitrogen and oxygen atoms in total. The topological polar surface area (TPSA) is 44.1 Å². The van der Waals surface area contributed by atoms with E-state index in [1.807, 2.05) is 23.7 Å². The number of nitrogens with zero attached hydrogens (tertiary/aromatic N) is 2. The van der Waals surface area contributed by atoms with Crippen LogP contribution in [0.3, 0.4) is 0 Å². The van der Waals surface area contributed by atoms with E-state index in [0.717, 1.165) is 18.0 Å². The molecule has 1 aromatic heterocycles. The molecule has 1 atom stereocenters. The summed E-state index contributed by atoms with van der Waals surface area (Å²) in [6.07, 6.45) is 0.438. The van der Waals surface area contributed by atoms with Crippen molar-refractivity contribution >= 4 is 28.6 Å². The number of fused-ring (bicyclic) bond motifs is 1. The maximum absolute atomic E-state index is 11.2. The highest BCUT2D eigenvalue weighted by Gasteiger charge is 2.13. The second-order valence-electron chi connectivity index (χ2n) is 4.68. The van der Waals surface area contributed by atoms with Gasteiger partial charge >= 0.3 is 5.97 Å². The van der Waals surface area contributed by atoms with Crippen LogP contribution in [0.4, 0.5) is 0 Å². The van der Waals surface area contributed by atoms with Crippen molar-refractivity contribution in [1.29, 1.82) is 0 Å². The first-order valence-electron chi connectivity index (χ1n) is 6.78. The quantitative estimate of drug-likeness (QED) is 0.767. The summed E-state index contributed by atoms with van der Waals surface area (Å²) in [5, 5.41) is 6.09. The number of benzene rings is 1. The van der Waals surface area contributed by atoms with Crippen LogP contribution in [0.2, 0.25) is 0 Å². The van der Waals surface area contributed by atoms with E-state index in [9.17, 15) is 4.79 Å². The number of carbonyl (C=O) groups is 1. The Hall–Kier alpha value is -1.49. The molecular formula is C15H20N2O2S. The molecule has 0 aliphatic carbocycles. The van der Waals surface area contributed by atoms with Gasteiger partial charge in [-0.3, -0.25) is 9.48 Å². The summed E-state index contributed by atoms with van der Waals surface area (Å²) in [5.74, 6) is 0.653. The molecule has 0 saturated carbocycles. The zero-order chi connectivity index (χ0) is 14.5. The number of ether oxygens (including phenoxy) is 1. The molecule has 0 N–H and O–H groups in total. The van der Waals surface area contributed by atoms with Crippen LogP contribution >= 0.6 is 11.8 Å². The summed E-state index contributed by atoms with van der Waals surface area (Å²) in [4.78, 5) is 11.2. The second-order valence-corrected chi connectivity index (χ2v) is 6.11. The molecule has 0 bridgehead atoms. The lowest BCUT2D eigenvalue weighted by Crippen LogP contribution is -2.08. The predicted octanol–water partition coefficient (Wildman–Crippen LogP) is 3.24. The van der Waals surface area contributed by atoms with Crippen molar-refractivity contribution in [2.75, 3.05) is 7.11 Å². The van der Waals surface area contributed by atoms with E-state index in [0.29, 0.717) is 6.42 Å². The minimum Gasteiger partial charge on any atom is -0.469 e. The molecular weight excluding hydrogens is 272 g/mol. The molecule has 1 aromatic carbocycles. The first kappa shape index (κ1) is 14.9. The highest BCUT2D eigenvalue weighted by molar-refractivity contribution is 7.99. The Balaban J connectivity index is 2.08. The van der Waals surface area contributed by atoms with Gasteiger partial charge in [0.2, 0.25) is 0 Å². The SMILES string of the molecule is CCn1nc(CSC(C)CC(=O)OC)c2ccccc21. The highest BCUT2D eigenvalue weighted by atomic mass is 32.2. The van der Waals surface area contributed by atoms with E-state index < -0.39 is 0 Å². The molecule has 20 heavy (non-hydrogen) atoms. The number of esters is 1. The lowest BCUT2D eigenvalue weighted by molar-refractivity contribution is -0.140. The fourth-order valence-corrected chi connectivity index (χ4v) is 3.05. The van der Waals surface area contributed by atoms with Gasteiger partial charge in [-0.25, -0.2) is 0 Å². The summed E-state index contributed by atoms with van der Waals surface area (Å²) in [6, 6.07) is 8.27. The molecule has 0 saturated heterocycles. The van der Waals surface area contributed by atoms with Crippen LogP contribution in [-0.4, -0.2) is 28.1 Å². The molecule has 0 radical (unpaired) electrons. The number of para-hydroxylation sites is 1. The summed E-state index contributed by atoms with van der Waals surface area (Å²) in [7, 11) is 1.43. The molecule has 108 valence electrons. The van der Waals surface area contributed by atoms with Gasteiger partial charge in [0.1, 0.15) is 0 Å². The van der Waals surface area contributed by atoms with Crippen LogP contribution in [0.1, 0.15) is 26.0 Å². The van der Waals surface area contributed by atoms with E-state index >= 15 is 0 Å². The molecule has 2 aromatic rings. The van der Waals surface area contributed by atoms with E-state index in [-0.39, 0.29) is 11.2 Å². The summed E-state index contributed by atoms with van der Waals surface area (Å²) in [5.41, 5.74) is 2.26. The van der Waals surface area contributed by atoms with Crippen molar-refractivity contribution in [3.05, 3.63) is 30.0 Å². The Bertz CT molecular complexity index is 595. The molecule has 2 rings (SSSR count). The lowest BCUT2D eigenvalue weighted by atomic mass is 10.2. The van der Waals surface area contributed by atoms with Gasteiger partial charge < -0.3 is 4.74 Å². The Labute approximate surface area is 123 Å². The Morgan fingerprint density at radius 3 is 2.90 bits per heavy atom. The number of carbonyl (C=O) groups excluding carboxylic acids is 1. The largest absolute Gasteiger partial charge is 0.469 e. The zero-order valence-corrected chi connectivity index (χ0v) is 12.9. The lowest BCUT2D eigenvalue weighted by Gasteiger charge is -2.08. The average molecular weight is 292 g/mol. The van der Waals surface area contributed by atoms with Gasteiger partial charge in [-0.2, -0.15) is 16.9 Å². The number of thioether (sulfide) groups is 1. The van der Waals surface area contributed by atoms with Crippen LogP contribution in [0.15, 0.2) is 24.3 Å². The molecule has 5 heteroatoms. The van der Waals surface area contributed by atoms with Gasteiger partial charge in [0.15, 0.2) is 0 Å². The van der Waals surface area contributed by atoms with E-state index in [2.05, 4.69) is 24.2 Å².